The molecule has 0 atom stereocenters. The Balaban J connectivity index is 1.10. The first-order valence-electron chi connectivity index (χ1n) is 12.7. The lowest BCUT2D eigenvalue weighted by Crippen LogP contribution is -2.49. The van der Waals surface area contributed by atoms with E-state index in [4.69, 9.17) is 0 Å². The van der Waals surface area contributed by atoms with Crippen molar-refractivity contribution >= 4 is 11.7 Å². The second-order valence-electron chi connectivity index (χ2n) is 11.3. The molecule has 1 aromatic heterocycles. The summed E-state index contributed by atoms with van der Waals surface area (Å²) >= 11 is 0. The fourth-order valence-electron chi connectivity index (χ4n) is 7.91. The van der Waals surface area contributed by atoms with E-state index < -0.39 is 0 Å². The van der Waals surface area contributed by atoms with Gasteiger partial charge in [0, 0.05) is 18.7 Å². The second-order valence-corrected chi connectivity index (χ2v) is 11.3. The van der Waals surface area contributed by atoms with Crippen LogP contribution in [0.3, 0.4) is 0 Å². The van der Waals surface area contributed by atoms with Crippen molar-refractivity contribution in [3.05, 3.63) is 17.6 Å². The monoisotopic (exact) mass is 423 g/mol. The Morgan fingerprint density at radius 1 is 1.00 bits per heavy atom. The zero-order valence-electron chi connectivity index (χ0n) is 18.8. The van der Waals surface area contributed by atoms with Gasteiger partial charge in [0.1, 0.15) is 12.1 Å². The molecule has 0 radical (unpaired) electrons. The number of piperidine rings is 1. The fraction of sp³-hybridized carbons (Fsp3) is 0.800. The molecule has 4 saturated carbocycles. The molecule has 3 heterocycles. The van der Waals surface area contributed by atoms with Crippen molar-refractivity contribution in [1.29, 1.82) is 0 Å². The maximum Gasteiger partial charge on any atom is 0.237 e. The molecule has 0 unspecified atom stereocenters. The number of likely N-dealkylation sites (tertiary alicyclic amines) is 1. The summed E-state index contributed by atoms with van der Waals surface area (Å²) in [5.74, 6) is 4.23. The number of fused-ring (bicyclic) bond motifs is 1. The van der Waals surface area contributed by atoms with E-state index in [1.165, 1.54) is 63.4 Å². The van der Waals surface area contributed by atoms with Crippen LogP contribution < -0.4 is 5.32 Å². The zero-order valence-corrected chi connectivity index (χ0v) is 18.8. The van der Waals surface area contributed by atoms with Gasteiger partial charge in [0.25, 0.3) is 0 Å². The van der Waals surface area contributed by atoms with Crippen LogP contribution in [0.25, 0.3) is 0 Å². The van der Waals surface area contributed by atoms with E-state index in [0.717, 1.165) is 61.9 Å². The van der Waals surface area contributed by atoms with Gasteiger partial charge in [-0.2, -0.15) is 0 Å². The highest BCUT2D eigenvalue weighted by molar-refractivity contribution is 5.78. The van der Waals surface area contributed by atoms with Crippen LogP contribution in [-0.4, -0.2) is 58.4 Å². The number of anilines is 1. The molecule has 168 valence electrons. The Morgan fingerprint density at radius 3 is 2.42 bits per heavy atom. The summed E-state index contributed by atoms with van der Waals surface area (Å²) in [6, 6.07) is 0. The Hall–Kier alpha value is -1.69. The largest absolute Gasteiger partial charge is 0.369 e. The number of rotatable bonds is 5. The van der Waals surface area contributed by atoms with Gasteiger partial charge in [-0.3, -0.25) is 9.69 Å². The number of carbonyl (C=O) groups excluding carboxylic acids is 1. The van der Waals surface area contributed by atoms with E-state index >= 15 is 0 Å². The van der Waals surface area contributed by atoms with Gasteiger partial charge in [0.05, 0.1) is 18.8 Å². The fourth-order valence-corrected chi connectivity index (χ4v) is 7.91. The number of hydrogen-bond acceptors (Lipinski definition) is 5. The molecule has 1 aromatic rings. The molecule has 1 N–H and O–H groups in total. The highest BCUT2D eigenvalue weighted by Gasteiger charge is 2.50. The Morgan fingerprint density at radius 2 is 1.71 bits per heavy atom. The molecular formula is C25H37N5O. The smallest absolute Gasteiger partial charge is 0.237 e. The molecule has 2 aliphatic heterocycles. The lowest BCUT2D eigenvalue weighted by molar-refractivity contribution is -0.133. The van der Waals surface area contributed by atoms with Crippen molar-refractivity contribution in [3.63, 3.8) is 0 Å². The average molecular weight is 424 g/mol. The predicted octanol–water partition coefficient (Wildman–Crippen LogP) is 3.48. The molecule has 4 bridgehead atoms. The summed E-state index contributed by atoms with van der Waals surface area (Å²) in [6.07, 6.45) is 15.0. The molecule has 31 heavy (non-hydrogen) atoms. The highest BCUT2D eigenvalue weighted by atomic mass is 16.2. The lowest BCUT2D eigenvalue weighted by atomic mass is 9.49. The van der Waals surface area contributed by atoms with Crippen LogP contribution in [-0.2, 0) is 17.8 Å². The third-order valence-electron chi connectivity index (χ3n) is 8.96. The summed E-state index contributed by atoms with van der Waals surface area (Å²) in [5.41, 5.74) is 2.79. The molecule has 0 aromatic carbocycles. The third kappa shape index (κ3) is 3.96. The van der Waals surface area contributed by atoms with Gasteiger partial charge < -0.3 is 10.2 Å². The summed E-state index contributed by atoms with van der Waals surface area (Å²) < 4.78 is 0. The minimum Gasteiger partial charge on any atom is -0.369 e. The molecule has 7 rings (SSSR count). The van der Waals surface area contributed by atoms with Gasteiger partial charge in [-0.15, -0.1) is 0 Å². The molecule has 4 aliphatic carbocycles. The van der Waals surface area contributed by atoms with Crippen LogP contribution in [0.15, 0.2) is 6.33 Å². The molecular weight excluding hydrogens is 386 g/mol. The van der Waals surface area contributed by atoms with Gasteiger partial charge >= 0.3 is 0 Å². The van der Waals surface area contributed by atoms with E-state index in [2.05, 4.69) is 20.2 Å². The molecule has 0 spiro atoms. The molecule has 6 nitrogen and oxygen atoms in total. The first-order chi connectivity index (χ1) is 15.2. The quantitative estimate of drug-likeness (QED) is 0.786. The maximum atomic E-state index is 12.9. The van der Waals surface area contributed by atoms with E-state index in [1.54, 1.807) is 6.33 Å². The van der Waals surface area contributed by atoms with E-state index in [1.807, 2.05) is 4.90 Å². The maximum absolute atomic E-state index is 12.9. The van der Waals surface area contributed by atoms with Crippen LogP contribution in [0.2, 0.25) is 0 Å². The molecule has 6 heteroatoms. The van der Waals surface area contributed by atoms with E-state index in [0.29, 0.717) is 18.5 Å². The molecule has 6 aliphatic rings. The summed E-state index contributed by atoms with van der Waals surface area (Å²) in [5, 5.41) is 3.78. The van der Waals surface area contributed by atoms with Gasteiger partial charge in [-0.05, 0) is 94.0 Å². The first kappa shape index (κ1) is 20.0. The van der Waals surface area contributed by atoms with Gasteiger partial charge in [-0.1, -0.05) is 6.42 Å². The van der Waals surface area contributed by atoms with Crippen molar-refractivity contribution in [1.82, 2.24) is 19.8 Å². The van der Waals surface area contributed by atoms with Gasteiger partial charge in [0.2, 0.25) is 5.91 Å². The topological polar surface area (TPSA) is 61.4 Å². The lowest BCUT2D eigenvalue weighted by Gasteiger charge is -2.57. The van der Waals surface area contributed by atoms with Crippen LogP contribution >= 0.6 is 0 Å². The SMILES string of the molecule is O=C(CN1CCCCC1)N1CCc2c(ncnc2NCC23CC4CC(CC(C4)C2)C3)C1. The number of nitrogens with one attached hydrogen (secondary N) is 1. The number of aromatic nitrogens is 2. The van der Waals surface area contributed by atoms with Crippen LogP contribution in [0, 0.1) is 23.2 Å². The zero-order chi connectivity index (χ0) is 20.8. The summed E-state index contributed by atoms with van der Waals surface area (Å²) in [6.45, 7) is 5.19. The second kappa shape index (κ2) is 8.02. The van der Waals surface area contributed by atoms with Crippen molar-refractivity contribution in [2.75, 3.05) is 38.0 Å². The Bertz CT molecular complexity index is 798. The molecule has 1 saturated heterocycles. The minimum atomic E-state index is 0.259. The average Bonchev–Trinajstić information content (AvgIpc) is 2.77. The molecule has 5 fully saturated rings. The van der Waals surface area contributed by atoms with Gasteiger partial charge in [-0.25, -0.2) is 9.97 Å². The number of hydrogen-bond donors (Lipinski definition) is 1. The summed E-state index contributed by atoms with van der Waals surface area (Å²) in [7, 11) is 0. The van der Waals surface area contributed by atoms with Crippen LogP contribution in [0.4, 0.5) is 5.82 Å². The van der Waals surface area contributed by atoms with Crippen molar-refractivity contribution < 1.29 is 4.79 Å². The minimum absolute atomic E-state index is 0.259. The molecule has 1 amide bonds. The van der Waals surface area contributed by atoms with Gasteiger partial charge in [0.15, 0.2) is 0 Å². The van der Waals surface area contributed by atoms with E-state index in [9.17, 15) is 4.79 Å². The predicted molar refractivity (Wildman–Crippen MR) is 121 cm³/mol. The Kier molecular flexibility index (Phi) is 5.16. The van der Waals surface area contributed by atoms with Crippen LogP contribution in [0.5, 0.6) is 0 Å². The highest BCUT2D eigenvalue weighted by Crippen LogP contribution is 2.59. The normalized spacial score (nSPS) is 34.6. The third-order valence-corrected chi connectivity index (χ3v) is 8.96. The van der Waals surface area contributed by atoms with Crippen molar-refractivity contribution in [3.8, 4) is 0 Å². The first-order valence-corrected chi connectivity index (χ1v) is 12.7. The van der Waals surface area contributed by atoms with E-state index in [-0.39, 0.29) is 5.91 Å². The number of nitrogens with zero attached hydrogens (tertiary/aromatic N) is 4. The van der Waals surface area contributed by atoms with Crippen LogP contribution in [0.1, 0.15) is 69.0 Å². The number of amides is 1. The number of carbonyl (C=O) groups is 1. The Labute approximate surface area is 186 Å². The summed E-state index contributed by atoms with van der Waals surface area (Å²) in [4.78, 5) is 26.4. The standard InChI is InChI=1S/C25H37N5O/c31-23(15-29-5-2-1-3-6-29)30-7-4-21-22(14-30)27-17-28-24(21)26-16-25-11-18-8-19(12-25)10-20(9-18)13-25/h17-20H,1-16H2,(H,26,27,28). The van der Waals surface area contributed by atoms with Crippen molar-refractivity contribution in [2.24, 2.45) is 23.2 Å². The van der Waals surface area contributed by atoms with Crippen molar-refractivity contribution in [2.45, 2.75) is 70.8 Å².